The van der Waals surface area contributed by atoms with Crippen molar-refractivity contribution in [2.75, 3.05) is 19.6 Å². The highest BCUT2D eigenvalue weighted by Gasteiger charge is 2.25. The molecular weight excluding hydrogens is 418 g/mol. The average Bonchev–Trinajstić information content (AvgIpc) is 3.26. The van der Waals surface area contributed by atoms with Crippen LogP contribution in [0.1, 0.15) is 62.7 Å². The van der Waals surface area contributed by atoms with Crippen LogP contribution in [0.4, 0.5) is 4.79 Å². The average molecular weight is 450 g/mol. The van der Waals surface area contributed by atoms with Gasteiger partial charge in [-0.2, -0.15) is 9.29 Å². The summed E-state index contributed by atoms with van der Waals surface area (Å²) in [6.07, 6.45) is 4.19. The third kappa shape index (κ3) is 6.51. The molecule has 170 valence electrons. The maximum absolute atomic E-state index is 12.7. The van der Waals surface area contributed by atoms with Crippen molar-refractivity contribution in [3.8, 4) is 0 Å². The predicted molar refractivity (Wildman–Crippen MR) is 116 cm³/mol. The summed E-state index contributed by atoms with van der Waals surface area (Å²) < 4.78 is 32.1. The molecule has 0 bridgehead atoms. The first kappa shape index (κ1) is 23.2. The first-order valence-corrected chi connectivity index (χ1v) is 12.2. The van der Waals surface area contributed by atoms with Crippen LogP contribution in [0.5, 0.6) is 0 Å². The second kappa shape index (κ2) is 10.7. The number of rotatable bonds is 9. The molecule has 10 heteroatoms. The van der Waals surface area contributed by atoms with E-state index >= 15 is 0 Å². The maximum atomic E-state index is 12.7. The highest BCUT2D eigenvalue weighted by molar-refractivity contribution is 7.89. The molecule has 1 aromatic carbocycles. The van der Waals surface area contributed by atoms with E-state index < -0.39 is 10.0 Å². The summed E-state index contributed by atoms with van der Waals surface area (Å²) in [5, 5.41) is 9.48. The number of carbonyl (C=O) groups is 1. The summed E-state index contributed by atoms with van der Waals surface area (Å²) in [5.74, 6) is 1.49. The molecule has 2 aromatic rings. The van der Waals surface area contributed by atoms with Crippen molar-refractivity contribution >= 4 is 16.1 Å². The number of amides is 2. The Kier molecular flexibility index (Phi) is 8.03. The normalized spacial score (nSPS) is 15.2. The molecule has 1 saturated heterocycles. The molecule has 1 aliphatic rings. The number of hydrogen-bond acceptors (Lipinski definition) is 6. The van der Waals surface area contributed by atoms with E-state index in [2.05, 4.69) is 20.8 Å². The SMILES string of the molecule is CC(C)c1noc(CCCNC(=O)NCc2ccc(S(=O)(=O)N3CCCCC3)cc2)n1. The standard InChI is InChI=1S/C21H31N5O4S/c1-16(2)20-24-19(30-25-20)7-6-12-22-21(27)23-15-17-8-10-18(11-9-17)31(28,29)26-13-4-3-5-14-26/h8-11,16H,3-7,12-15H2,1-2H3,(H2,22,23,27). The largest absolute Gasteiger partial charge is 0.339 e. The molecule has 3 rings (SSSR count). The highest BCUT2D eigenvalue weighted by atomic mass is 32.2. The summed E-state index contributed by atoms with van der Waals surface area (Å²) in [7, 11) is -3.43. The lowest BCUT2D eigenvalue weighted by Crippen LogP contribution is -2.36. The van der Waals surface area contributed by atoms with Crippen LogP contribution < -0.4 is 10.6 Å². The van der Waals surface area contributed by atoms with Crippen LogP contribution in [0.3, 0.4) is 0 Å². The lowest BCUT2D eigenvalue weighted by molar-refractivity contribution is 0.240. The number of aromatic nitrogens is 2. The Hall–Kier alpha value is -2.46. The molecule has 2 heterocycles. The van der Waals surface area contributed by atoms with Crippen molar-refractivity contribution in [3.05, 3.63) is 41.5 Å². The van der Waals surface area contributed by atoms with E-state index in [1.54, 1.807) is 28.6 Å². The van der Waals surface area contributed by atoms with Crippen molar-refractivity contribution in [3.63, 3.8) is 0 Å². The van der Waals surface area contributed by atoms with E-state index in [0.717, 1.165) is 24.8 Å². The van der Waals surface area contributed by atoms with Gasteiger partial charge in [-0.05, 0) is 37.0 Å². The third-order valence-corrected chi connectivity index (χ3v) is 7.10. The van der Waals surface area contributed by atoms with E-state index in [1.807, 2.05) is 13.8 Å². The molecule has 0 radical (unpaired) electrons. The van der Waals surface area contributed by atoms with Crippen molar-refractivity contribution in [1.29, 1.82) is 0 Å². The zero-order valence-corrected chi connectivity index (χ0v) is 19.0. The van der Waals surface area contributed by atoms with Crippen LogP contribution >= 0.6 is 0 Å². The van der Waals surface area contributed by atoms with Gasteiger partial charge < -0.3 is 15.2 Å². The summed E-state index contributed by atoms with van der Waals surface area (Å²) in [4.78, 5) is 16.6. The number of piperidine rings is 1. The van der Waals surface area contributed by atoms with Gasteiger partial charge in [0.1, 0.15) is 0 Å². The quantitative estimate of drug-likeness (QED) is 0.569. The van der Waals surface area contributed by atoms with Crippen LogP contribution in [0.25, 0.3) is 0 Å². The smallest absolute Gasteiger partial charge is 0.315 e. The molecule has 0 unspecified atom stereocenters. The summed E-state index contributed by atoms with van der Waals surface area (Å²) in [5.41, 5.74) is 0.833. The molecule has 2 amide bonds. The lowest BCUT2D eigenvalue weighted by Gasteiger charge is -2.25. The van der Waals surface area contributed by atoms with Gasteiger partial charge in [0.05, 0.1) is 4.90 Å². The Labute approximate surface area is 183 Å². The number of urea groups is 1. The molecule has 0 saturated carbocycles. The fraction of sp³-hybridized carbons (Fsp3) is 0.571. The van der Waals surface area contributed by atoms with Gasteiger partial charge in [0.2, 0.25) is 15.9 Å². The third-order valence-electron chi connectivity index (χ3n) is 5.18. The van der Waals surface area contributed by atoms with Crippen LogP contribution in [0.15, 0.2) is 33.7 Å². The van der Waals surface area contributed by atoms with Crippen molar-refractivity contribution in [1.82, 2.24) is 25.1 Å². The Morgan fingerprint density at radius 3 is 2.48 bits per heavy atom. The Morgan fingerprint density at radius 2 is 1.84 bits per heavy atom. The number of carbonyl (C=O) groups excluding carboxylic acids is 1. The van der Waals surface area contributed by atoms with E-state index in [9.17, 15) is 13.2 Å². The lowest BCUT2D eigenvalue weighted by atomic mass is 10.2. The minimum absolute atomic E-state index is 0.223. The van der Waals surface area contributed by atoms with Gasteiger partial charge in [-0.25, -0.2) is 13.2 Å². The van der Waals surface area contributed by atoms with Crippen LogP contribution in [-0.4, -0.2) is 48.5 Å². The second-order valence-corrected chi connectivity index (χ2v) is 9.96. The summed E-state index contributed by atoms with van der Waals surface area (Å²) in [6, 6.07) is 6.40. The highest BCUT2D eigenvalue weighted by Crippen LogP contribution is 2.20. The molecule has 0 atom stereocenters. The molecular formula is C21H31N5O4S. The summed E-state index contributed by atoms with van der Waals surface area (Å²) in [6.45, 7) is 5.97. The topological polar surface area (TPSA) is 117 Å². The maximum Gasteiger partial charge on any atom is 0.315 e. The van der Waals surface area contributed by atoms with Gasteiger partial charge in [-0.1, -0.05) is 37.6 Å². The van der Waals surface area contributed by atoms with Crippen LogP contribution in [0, 0.1) is 0 Å². The van der Waals surface area contributed by atoms with Crippen LogP contribution in [-0.2, 0) is 23.0 Å². The van der Waals surface area contributed by atoms with Gasteiger partial charge in [0, 0.05) is 38.5 Å². The Balaban J connectivity index is 1.38. The molecule has 1 fully saturated rings. The Bertz CT molecular complexity index is 950. The number of nitrogens with one attached hydrogen (secondary N) is 2. The van der Waals surface area contributed by atoms with E-state index in [4.69, 9.17) is 4.52 Å². The first-order valence-electron chi connectivity index (χ1n) is 10.8. The van der Waals surface area contributed by atoms with Gasteiger partial charge in [0.25, 0.3) is 0 Å². The van der Waals surface area contributed by atoms with Gasteiger partial charge in [0.15, 0.2) is 5.82 Å². The molecule has 1 aromatic heterocycles. The molecule has 0 spiro atoms. The van der Waals surface area contributed by atoms with Crippen molar-refractivity contribution in [2.24, 2.45) is 0 Å². The molecule has 9 nitrogen and oxygen atoms in total. The molecule has 0 aliphatic carbocycles. The Morgan fingerprint density at radius 1 is 1.13 bits per heavy atom. The van der Waals surface area contributed by atoms with E-state index in [1.165, 1.54) is 0 Å². The minimum atomic E-state index is -3.43. The van der Waals surface area contributed by atoms with Crippen molar-refractivity contribution in [2.45, 2.75) is 63.3 Å². The van der Waals surface area contributed by atoms with E-state index in [-0.39, 0.29) is 11.9 Å². The summed E-state index contributed by atoms with van der Waals surface area (Å²) >= 11 is 0. The number of hydrogen-bond donors (Lipinski definition) is 2. The fourth-order valence-corrected chi connectivity index (χ4v) is 4.84. The number of nitrogens with zero attached hydrogens (tertiary/aromatic N) is 3. The van der Waals surface area contributed by atoms with E-state index in [0.29, 0.717) is 55.6 Å². The second-order valence-electron chi connectivity index (χ2n) is 8.02. The predicted octanol–water partition coefficient (Wildman–Crippen LogP) is 2.80. The van der Waals surface area contributed by atoms with Crippen molar-refractivity contribution < 1.29 is 17.7 Å². The number of sulfonamides is 1. The zero-order chi connectivity index (χ0) is 22.3. The number of benzene rings is 1. The van der Waals surface area contributed by atoms with Gasteiger partial charge in [-0.15, -0.1) is 0 Å². The minimum Gasteiger partial charge on any atom is -0.339 e. The van der Waals surface area contributed by atoms with Gasteiger partial charge in [-0.3, -0.25) is 0 Å². The number of aryl methyl sites for hydroxylation is 1. The zero-order valence-electron chi connectivity index (χ0n) is 18.1. The fourth-order valence-electron chi connectivity index (χ4n) is 3.32. The first-order chi connectivity index (χ1) is 14.9. The molecule has 1 aliphatic heterocycles. The van der Waals surface area contributed by atoms with Gasteiger partial charge >= 0.3 is 6.03 Å². The van der Waals surface area contributed by atoms with Crippen LogP contribution in [0.2, 0.25) is 0 Å². The monoisotopic (exact) mass is 449 g/mol. The molecule has 2 N–H and O–H groups in total. The molecule has 31 heavy (non-hydrogen) atoms.